The molecule has 3 amide bonds. The van der Waals surface area contributed by atoms with Crippen LogP contribution in [0.5, 0.6) is 5.75 Å². The Kier molecular flexibility index (Phi) is 7.84. The molecular weight excluding hydrogens is 474 g/mol. The number of likely N-dealkylation sites (N-methyl/N-ethyl adjacent to an activating group) is 1. The van der Waals surface area contributed by atoms with Crippen LogP contribution in [0.15, 0.2) is 78.9 Å². The van der Waals surface area contributed by atoms with Crippen molar-refractivity contribution in [2.45, 2.75) is 6.54 Å². The zero-order valence-electron chi connectivity index (χ0n) is 20.3. The second-order valence-electron chi connectivity index (χ2n) is 8.22. The summed E-state index contributed by atoms with van der Waals surface area (Å²) in [5, 5.41) is 12.5. The Morgan fingerprint density at radius 1 is 0.865 bits per heavy atom. The predicted octanol–water partition coefficient (Wildman–Crippen LogP) is 1.93. The smallest absolute Gasteiger partial charge is 0.269 e. The van der Waals surface area contributed by atoms with Crippen LogP contribution in [0.2, 0.25) is 0 Å². The van der Waals surface area contributed by atoms with Gasteiger partial charge in [0.05, 0.1) is 6.54 Å². The lowest BCUT2D eigenvalue weighted by molar-refractivity contribution is -0.130. The van der Waals surface area contributed by atoms with Gasteiger partial charge < -0.3 is 9.64 Å². The number of aromatic nitrogens is 4. The van der Waals surface area contributed by atoms with E-state index in [1.54, 1.807) is 56.6 Å². The molecule has 0 aliphatic heterocycles. The Bertz CT molecular complexity index is 1390. The Hall–Kier alpha value is -5.06. The lowest BCUT2D eigenvalue weighted by Crippen LogP contribution is -2.41. The molecule has 0 aliphatic carbocycles. The molecule has 0 bridgehead atoms. The molecule has 37 heavy (non-hydrogen) atoms. The number of nitrogens with zero attached hydrogens (tertiary/aromatic N) is 5. The van der Waals surface area contributed by atoms with E-state index in [1.165, 1.54) is 15.8 Å². The summed E-state index contributed by atoms with van der Waals surface area (Å²) in [7, 11) is 3.25. The maximum absolute atomic E-state index is 12.5. The molecule has 2 N–H and O–H groups in total. The number of hydrogen-bond acceptors (Lipinski definition) is 7. The molecule has 1 heterocycles. The number of hydrogen-bond donors (Lipinski definition) is 2. The van der Waals surface area contributed by atoms with Crippen molar-refractivity contribution in [1.82, 2.24) is 36.0 Å². The number of carbonyl (C=O) groups is 3. The molecule has 11 heteroatoms. The number of carbonyl (C=O) groups excluding carboxylic acids is 3. The van der Waals surface area contributed by atoms with Gasteiger partial charge in [-0.3, -0.25) is 25.2 Å². The van der Waals surface area contributed by atoms with Crippen LogP contribution in [0.1, 0.15) is 26.3 Å². The molecule has 0 atom stereocenters. The Morgan fingerprint density at radius 3 is 2.27 bits per heavy atom. The first-order valence-corrected chi connectivity index (χ1v) is 11.3. The van der Waals surface area contributed by atoms with E-state index in [1.807, 2.05) is 30.3 Å². The SMILES string of the molecule is CN(C)C(=O)COc1cccc(C(=O)NNC(=O)c2ccc(Cn3nnc(-c4ccccc4)n3)cc2)c1. The second kappa shape index (κ2) is 11.6. The van der Waals surface area contributed by atoms with Crippen molar-refractivity contribution in [3.63, 3.8) is 0 Å². The maximum Gasteiger partial charge on any atom is 0.269 e. The van der Waals surface area contributed by atoms with Gasteiger partial charge >= 0.3 is 0 Å². The molecule has 4 aromatic rings. The highest BCUT2D eigenvalue weighted by Gasteiger charge is 2.12. The molecule has 0 fully saturated rings. The quantitative estimate of drug-likeness (QED) is 0.354. The Labute approximate surface area is 213 Å². The highest BCUT2D eigenvalue weighted by Crippen LogP contribution is 2.14. The van der Waals surface area contributed by atoms with Gasteiger partial charge in [0.15, 0.2) is 6.61 Å². The van der Waals surface area contributed by atoms with E-state index in [0.717, 1.165) is 11.1 Å². The van der Waals surface area contributed by atoms with E-state index >= 15 is 0 Å². The van der Waals surface area contributed by atoms with Crippen LogP contribution in [0.25, 0.3) is 11.4 Å². The van der Waals surface area contributed by atoms with Crippen molar-refractivity contribution in [1.29, 1.82) is 0 Å². The normalized spacial score (nSPS) is 10.4. The van der Waals surface area contributed by atoms with Gasteiger partial charge in [-0.1, -0.05) is 48.5 Å². The number of ether oxygens (including phenoxy) is 1. The third-order valence-corrected chi connectivity index (χ3v) is 5.27. The third kappa shape index (κ3) is 6.75. The van der Waals surface area contributed by atoms with Crippen molar-refractivity contribution in [2.24, 2.45) is 0 Å². The van der Waals surface area contributed by atoms with Crippen molar-refractivity contribution in [3.05, 3.63) is 95.6 Å². The van der Waals surface area contributed by atoms with Crippen LogP contribution in [-0.2, 0) is 11.3 Å². The predicted molar refractivity (Wildman–Crippen MR) is 134 cm³/mol. The molecule has 188 valence electrons. The summed E-state index contributed by atoms with van der Waals surface area (Å²) < 4.78 is 5.42. The number of tetrazole rings is 1. The number of benzene rings is 3. The first kappa shape index (κ1) is 25.0. The summed E-state index contributed by atoms with van der Waals surface area (Å²) in [5.41, 5.74) is 7.15. The van der Waals surface area contributed by atoms with Gasteiger partial charge in [-0.05, 0) is 41.1 Å². The summed E-state index contributed by atoms with van der Waals surface area (Å²) in [6, 6.07) is 22.7. The van der Waals surface area contributed by atoms with E-state index < -0.39 is 11.8 Å². The molecule has 0 saturated heterocycles. The average Bonchev–Trinajstić information content (AvgIpc) is 3.39. The van der Waals surface area contributed by atoms with Crippen LogP contribution in [0.3, 0.4) is 0 Å². The van der Waals surface area contributed by atoms with Gasteiger partial charge in [0, 0.05) is 30.8 Å². The zero-order valence-corrected chi connectivity index (χ0v) is 20.3. The van der Waals surface area contributed by atoms with E-state index in [9.17, 15) is 14.4 Å². The monoisotopic (exact) mass is 499 g/mol. The summed E-state index contributed by atoms with van der Waals surface area (Å²) in [6.07, 6.45) is 0. The van der Waals surface area contributed by atoms with Crippen molar-refractivity contribution < 1.29 is 19.1 Å². The minimum Gasteiger partial charge on any atom is -0.484 e. The highest BCUT2D eigenvalue weighted by atomic mass is 16.5. The Balaban J connectivity index is 1.29. The number of nitrogens with one attached hydrogen (secondary N) is 2. The largest absolute Gasteiger partial charge is 0.484 e. The van der Waals surface area contributed by atoms with Crippen LogP contribution in [0, 0.1) is 0 Å². The van der Waals surface area contributed by atoms with Crippen molar-refractivity contribution in [2.75, 3.05) is 20.7 Å². The van der Waals surface area contributed by atoms with Gasteiger partial charge in [-0.25, -0.2) is 0 Å². The molecule has 0 aliphatic rings. The lowest BCUT2D eigenvalue weighted by Gasteiger charge is -2.12. The molecule has 3 aromatic carbocycles. The maximum atomic E-state index is 12.5. The third-order valence-electron chi connectivity index (χ3n) is 5.27. The van der Waals surface area contributed by atoms with Gasteiger partial charge in [0.25, 0.3) is 17.7 Å². The molecule has 0 saturated carbocycles. The van der Waals surface area contributed by atoms with Gasteiger partial charge in [0.2, 0.25) is 5.82 Å². The average molecular weight is 500 g/mol. The van der Waals surface area contributed by atoms with E-state index in [2.05, 4.69) is 26.3 Å². The van der Waals surface area contributed by atoms with E-state index in [0.29, 0.717) is 23.7 Å². The van der Waals surface area contributed by atoms with Crippen LogP contribution in [-0.4, -0.2) is 63.5 Å². The standard InChI is InChI=1S/C26H25N7O4/c1-32(2)23(34)17-37-22-10-6-9-21(15-22)26(36)29-28-25(35)20-13-11-18(12-14-20)16-33-30-24(27-31-33)19-7-4-3-5-8-19/h3-15H,16-17H2,1-2H3,(H,28,35)(H,29,36). The molecule has 0 radical (unpaired) electrons. The van der Waals surface area contributed by atoms with Gasteiger partial charge in [-0.15, -0.1) is 10.2 Å². The summed E-state index contributed by atoms with van der Waals surface area (Å²) in [4.78, 5) is 39.5. The van der Waals surface area contributed by atoms with Crippen LogP contribution < -0.4 is 15.6 Å². The minimum absolute atomic E-state index is 0.147. The fourth-order valence-corrected chi connectivity index (χ4v) is 3.20. The Morgan fingerprint density at radius 2 is 1.57 bits per heavy atom. The summed E-state index contributed by atoms with van der Waals surface area (Å²) in [5.74, 6) is -0.313. The second-order valence-corrected chi connectivity index (χ2v) is 8.22. The summed E-state index contributed by atoms with van der Waals surface area (Å²) >= 11 is 0. The fraction of sp³-hybridized carbons (Fsp3) is 0.154. The van der Waals surface area contributed by atoms with Crippen molar-refractivity contribution >= 4 is 17.7 Å². The molecular formula is C26H25N7O4. The fourth-order valence-electron chi connectivity index (χ4n) is 3.20. The zero-order chi connectivity index (χ0) is 26.2. The first-order valence-electron chi connectivity index (χ1n) is 11.3. The van der Waals surface area contributed by atoms with Crippen LogP contribution in [0.4, 0.5) is 0 Å². The molecule has 11 nitrogen and oxygen atoms in total. The first-order chi connectivity index (χ1) is 17.9. The molecule has 0 unspecified atom stereocenters. The molecule has 0 spiro atoms. The van der Waals surface area contributed by atoms with Gasteiger partial charge in [0.1, 0.15) is 5.75 Å². The molecule has 4 rings (SSSR count). The van der Waals surface area contributed by atoms with Crippen LogP contribution >= 0.6 is 0 Å². The lowest BCUT2D eigenvalue weighted by atomic mass is 10.1. The molecule has 1 aromatic heterocycles. The number of hydrazine groups is 1. The number of rotatable bonds is 8. The van der Waals surface area contributed by atoms with Gasteiger partial charge in [-0.2, -0.15) is 4.80 Å². The van der Waals surface area contributed by atoms with Crippen molar-refractivity contribution in [3.8, 4) is 17.1 Å². The highest BCUT2D eigenvalue weighted by molar-refractivity contribution is 5.99. The number of amides is 3. The van der Waals surface area contributed by atoms with E-state index in [-0.39, 0.29) is 18.1 Å². The summed E-state index contributed by atoms with van der Waals surface area (Å²) in [6.45, 7) is 0.239. The van der Waals surface area contributed by atoms with E-state index in [4.69, 9.17) is 4.74 Å². The topological polar surface area (TPSA) is 131 Å². The minimum atomic E-state index is -0.527.